The second kappa shape index (κ2) is 9.47. The molecule has 1 N–H and O–H groups in total. The molecule has 0 unspecified atom stereocenters. The van der Waals surface area contributed by atoms with Gasteiger partial charge < -0.3 is 10.2 Å². The summed E-state index contributed by atoms with van der Waals surface area (Å²) in [5, 5.41) is 3.02. The van der Waals surface area contributed by atoms with Crippen molar-refractivity contribution in [3.8, 4) is 11.8 Å². The van der Waals surface area contributed by atoms with Crippen molar-refractivity contribution in [1.82, 2.24) is 10.2 Å². The SMILES string of the molecule is C=C(C#CC1=CC(=C/CC)/C(=N\CF)N1)/C=C\C(=C/C)N(C)C. The van der Waals surface area contributed by atoms with Crippen molar-refractivity contribution in [3.05, 3.63) is 59.5 Å². The molecule has 0 aromatic heterocycles. The Morgan fingerprint density at radius 2 is 2.17 bits per heavy atom. The highest BCUT2D eigenvalue weighted by atomic mass is 19.1. The summed E-state index contributed by atoms with van der Waals surface area (Å²) in [6.45, 7) is 7.18. The maximum atomic E-state index is 12.4. The molecule has 0 fully saturated rings. The van der Waals surface area contributed by atoms with Crippen LogP contribution in [-0.4, -0.2) is 31.6 Å². The van der Waals surface area contributed by atoms with Gasteiger partial charge in [0.25, 0.3) is 0 Å². The van der Waals surface area contributed by atoms with E-state index in [1.165, 1.54) is 0 Å². The third-order valence-electron chi connectivity index (χ3n) is 3.09. The lowest BCUT2D eigenvalue weighted by Crippen LogP contribution is -2.17. The highest BCUT2D eigenvalue weighted by Crippen LogP contribution is 2.12. The van der Waals surface area contributed by atoms with Crippen LogP contribution < -0.4 is 5.32 Å². The molecule has 1 heterocycles. The molecule has 0 spiro atoms. The summed E-state index contributed by atoms with van der Waals surface area (Å²) in [5.74, 6) is 6.52. The Bertz CT molecular complexity index is 650. The quantitative estimate of drug-likeness (QED) is 0.476. The summed E-state index contributed by atoms with van der Waals surface area (Å²) in [5.41, 5.74) is 3.35. The second-order valence-electron chi connectivity index (χ2n) is 5.09. The number of alkyl halides is 1. The summed E-state index contributed by atoms with van der Waals surface area (Å²) in [6.07, 6.45) is 10.6. The predicted molar refractivity (Wildman–Crippen MR) is 96.5 cm³/mol. The fourth-order valence-corrected chi connectivity index (χ4v) is 1.97. The number of amidine groups is 1. The van der Waals surface area contributed by atoms with E-state index in [2.05, 4.69) is 28.7 Å². The molecule has 0 bridgehead atoms. The zero-order chi connectivity index (χ0) is 17.2. The van der Waals surface area contributed by atoms with Gasteiger partial charge in [0.1, 0.15) is 5.84 Å². The maximum absolute atomic E-state index is 12.4. The molecule has 0 saturated carbocycles. The average Bonchev–Trinajstić information content (AvgIpc) is 2.88. The van der Waals surface area contributed by atoms with Gasteiger partial charge in [0.2, 0.25) is 0 Å². The van der Waals surface area contributed by atoms with E-state index >= 15 is 0 Å². The normalized spacial score (nSPS) is 18.0. The molecule has 0 aliphatic carbocycles. The number of likely N-dealkylation sites (N-methyl/N-ethyl adjacent to an activating group) is 1. The van der Waals surface area contributed by atoms with Gasteiger partial charge in [-0.15, -0.1) is 0 Å². The first kappa shape index (κ1) is 18.5. The van der Waals surface area contributed by atoms with E-state index in [4.69, 9.17) is 0 Å². The highest BCUT2D eigenvalue weighted by molar-refractivity contribution is 6.05. The predicted octanol–water partition coefficient (Wildman–Crippen LogP) is 3.72. The molecule has 0 aromatic rings. The summed E-state index contributed by atoms with van der Waals surface area (Å²) in [6, 6.07) is 0. The zero-order valence-corrected chi connectivity index (χ0v) is 14.3. The number of halogens is 1. The van der Waals surface area contributed by atoms with Crippen LogP contribution in [0.15, 0.2) is 64.5 Å². The lowest BCUT2D eigenvalue weighted by molar-refractivity contribution is 0.512. The van der Waals surface area contributed by atoms with E-state index in [1.54, 1.807) is 0 Å². The van der Waals surface area contributed by atoms with Gasteiger partial charge in [-0.3, -0.25) is 0 Å². The lowest BCUT2D eigenvalue weighted by atomic mass is 10.2. The van der Waals surface area contributed by atoms with Crippen LogP contribution in [0.4, 0.5) is 4.39 Å². The third-order valence-corrected chi connectivity index (χ3v) is 3.09. The highest BCUT2D eigenvalue weighted by Gasteiger charge is 2.13. The fraction of sp³-hybridized carbons (Fsp3) is 0.316. The fourth-order valence-electron chi connectivity index (χ4n) is 1.97. The molecule has 1 rings (SSSR count). The van der Waals surface area contributed by atoms with Gasteiger partial charge in [-0.1, -0.05) is 31.6 Å². The molecule has 0 amide bonds. The largest absolute Gasteiger partial charge is 0.378 e. The average molecular weight is 313 g/mol. The number of aliphatic imine (C=N–C) groups is 1. The van der Waals surface area contributed by atoms with Gasteiger partial charge in [-0.2, -0.15) is 0 Å². The maximum Gasteiger partial charge on any atom is 0.181 e. The van der Waals surface area contributed by atoms with E-state index in [1.807, 2.05) is 63.2 Å². The Labute approximate surface area is 138 Å². The third kappa shape index (κ3) is 5.99. The van der Waals surface area contributed by atoms with E-state index in [-0.39, 0.29) is 0 Å². The molecule has 0 atom stereocenters. The molecule has 23 heavy (non-hydrogen) atoms. The van der Waals surface area contributed by atoms with Crippen molar-refractivity contribution < 1.29 is 4.39 Å². The van der Waals surface area contributed by atoms with Gasteiger partial charge in [0, 0.05) is 30.9 Å². The van der Waals surface area contributed by atoms with Gasteiger partial charge >= 0.3 is 0 Å². The molecule has 0 aromatic carbocycles. The lowest BCUT2D eigenvalue weighted by Gasteiger charge is -2.12. The first-order valence-electron chi connectivity index (χ1n) is 7.54. The molecular formula is C19H24FN3. The molecular weight excluding hydrogens is 289 g/mol. The summed E-state index contributed by atoms with van der Waals surface area (Å²) < 4.78 is 12.4. The standard InChI is InChI=1S/C19H24FN3/c1-6-8-16-13-17(22-19(16)21-14-20)11-9-15(3)10-12-18(7-2)23(4)5/h7-8,10,12-13H,3,6,14H2,1-2,4-5H3,(H,21,22)/b12-10-,16-8-,18-7+. The Morgan fingerprint density at radius 3 is 2.74 bits per heavy atom. The number of allylic oxidation sites excluding steroid dienone is 6. The molecule has 3 nitrogen and oxygen atoms in total. The number of hydrogen-bond acceptors (Lipinski definition) is 2. The van der Waals surface area contributed by atoms with Crippen molar-refractivity contribution in [2.75, 3.05) is 20.9 Å². The van der Waals surface area contributed by atoms with Crippen LogP contribution >= 0.6 is 0 Å². The molecule has 4 heteroatoms. The molecule has 1 aliphatic heterocycles. The summed E-state index contributed by atoms with van der Waals surface area (Å²) in [4.78, 5) is 5.81. The number of nitrogens with one attached hydrogen (secondary N) is 1. The van der Waals surface area contributed by atoms with Crippen molar-refractivity contribution in [1.29, 1.82) is 0 Å². The van der Waals surface area contributed by atoms with Crippen molar-refractivity contribution in [2.45, 2.75) is 20.3 Å². The van der Waals surface area contributed by atoms with Gasteiger partial charge in [-0.25, -0.2) is 9.38 Å². The number of nitrogens with zero attached hydrogens (tertiary/aromatic N) is 2. The Kier molecular flexibility index (Phi) is 7.62. The Balaban J connectivity index is 2.82. The van der Waals surface area contributed by atoms with Crippen LogP contribution in [0, 0.1) is 11.8 Å². The van der Waals surface area contributed by atoms with E-state index in [0.717, 1.165) is 17.7 Å². The van der Waals surface area contributed by atoms with E-state index in [9.17, 15) is 4.39 Å². The van der Waals surface area contributed by atoms with Crippen molar-refractivity contribution >= 4 is 5.84 Å². The number of rotatable bonds is 5. The van der Waals surface area contributed by atoms with Crippen LogP contribution in [0.25, 0.3) is 0 Å². The smallest absolute Gasteiger partial charge is 0.181 e. The minimum Gasteiger partial charge on any atom is -0.378 e. The topological polar surface area (TPSA) is 27.6 Å². The summed E-state index contributed by atoms with van der Waals surface area (Å²) >= 11 is 0. The van der Waals surface area contributed by atoms with Crippen molar-refractivity contribution in [3.63, 3.8) is 0 Å². The Morgan fingerprint density at radius 1 is 1.43 bits per heavy atom. The first-order valence-corrected chi connectivity index (χ1v) is 7.54. The van der Waals surface area contributed by atoms with Gasteiger partial charge in [0.15, 0.2) is 6.80 Å². The minimum atomic E-state index is -0.746. The van der Waals surface area contributed by atoms with Crippen LogP contribution in [0.5, 0.6) is 0 Å². The summed E-state index contributed by atoms with van der Waals surface area (Å²) in [7, 11) is 3.96. The van der Waals surface area contributed by atoms with Crippen LogP contribution in [-0.2, 0) is 0 Å². The van der Waals surface area contributed by atoms with Crippen LogP contribution in [0.1, 0.15) is 20.3 Å². The molecule has 122 valence electrons. The monoisotopic (exact) mass is 313 g/mol. The second-order valence-corrected chi connectivity index (χ2v) is 5.09. The molecule has 0 saturated heterocycles. The van der Waals surface area contributed by atoms with E-state index < -0.39 is 6.80 Å². The molecule has 1 aliphatic rings. The van der Waals surface area contributed by atoms with Crippen molar-refractivity contribution in [2.24, 2.45) is 4.99 Å². The van der Waals surface area contributed by atoms with Gasteiger partial charge in [0.05, 0.1) is 5.70 Å². The number of hydrogen-bond donors (Lipinski definition) is 1. The van der Waals surface area contributed by atoms with Crippen LogP contribution in [0.2, 0.25) is 0 Å². The van der Waals surface area contributed by atoms with E-state index in [0.29, 0.717) is 17.1 Å². The van der Waals surface area contributed by atoms with Gasteiger partial charge in [-0.05, 0) is 37.5 Å². The zero-order valence-electron chi connectivity index (χ0n) is 14.3. The molecule has 0 radical (unpaired) electrons. The first-order chi connectivity index (χ1) is 11.0. The van der Waals surface area contributed by atoms with Crippen LogP contribution in [0.3, 0.4) is 0 Å². The minimum absolute atomic E-state index is 0.531. The Hall–Kier alpha value is -2.54.